The maximum atomic E-state index is 2.71. The number of benzene rings is 4. The first-order valence-corrected chi connectivity index (χ1v) is 38.8. The van der Waals surface area contributed by atoms with Crippen molar-refractivity contribution in [2.45, 2.75) is 143 Å². The average Bonchev–Trinajstić information content (AvgIpc) is 3.78. The van der Waals surface area contributed by atoms with E-state index in [-0.39, 0.29) is 40.7 Å². The van der Waals surface area contributed by atoms with Gasteiger partial charge in [0.25, 0.3) is 0 Å². The minimum Gasteiger partial charge on any atom is -0.358 e. The zero-order valence-corrected chi connectivity index (χ0v) is 49.5. The van der Waals surface area contributed by atoms with Crippen LogP contribution in [0.2, 0.25) is 90.7 Å². The van der Waals surface area contributed by atoms with Crippen LogP contribution in [-0.4, -0.2) is 40.4 Å². The normalized spacial score (nSPS) is 12.6. The Morgan fingerprint density at radius 2 is 0.733 bits per heavy atom. The fraction of sp³-hybridized carbons (Fsp3) is 0.407. The molecule has 320 valence electrons. The molecule has 6 aromatic carbocycles. The van der Waals surface area contributed by atoms with Gasteiger partial charge in [-0.25, -0.2) is 0 Å². The van der Waals surface area contributed by atoms with Crippen LogP contribution < -0.4 is 31.1 Å². The van der Waals surface area contributed by atoms with Crippen molar-refractivity contribution in [2.24, 2.45) is 0 Å². The van der Waals surface area contributed by atoms with Crippen molar-refractivity contribution in [1.82, 2.24) is 0 Å². The second-order valence-electron chi connectivity index (χ2n) is 21.7. The molecule has 0 spiro atoms. The van der Waals surface area contributed by atoms with Crippen molar-refractivity contribution in [3.05, 3.63) is 112 Å². The molecule has 0 saturated heterocycles. The van der Waals surface area contributed by atoms with Gasteiger partial charge in [-0.3, -0.25) is 0 Å². The molecule has 60 heavy (non-hydrogen) atoms. The van der Waals surface area contributed by atoms with Crippen molar-refractivity contribution in [3.63, 3.8) is 0 Å². The van der Waals surface area contributed by atoms with Crippen LogP contribution in [0, 0.1) is 14.9 Å². The van der Waals surface area contributed by atoms with E-state index in [4.69, 9.17) is 0 Å². The largest absolute Gasteiger partial charge is 4.00 e. The maximum absolute atomic E-state index is 2.71. The Kier molecular flexibility index (Phi) is 17.7. The molecular formula is C54H80HfSi5. The Hall–Kier alpha value is -1.95. The molecule has 0 aliphatic rings. The van der Waals surface area contributed by atoms with Crippen LogP contribution in [0.25, 0.3) is 43.8 Å². The third-order valence-electron chi connectivity index (χ3n) is 13.0. The van der Waals surface area contributed by atoms with Crippen molar-refractivity contribution in [1.29, 1.82) is 0 Å². The van der Waals surface area contributed by atoms with Crippen LogP contribution in [0.4, 0.5) is 0 Å². The number of unbranched alkanes of at least 4 members (excludes halogenated alkanes) is 4. The summed E-state index contributed by atoms with van der Waals surface area (Å²) in [6, 6.07) is 43.2. The smallest absolute Gasteiger partial charge is 0.358 e. The van der Waals surface area contributed by atoms with Gasteiger partial charge in [0.2, 0.25) is 0 Å². The first-order chi connectivity index (χ1) is 26.7. The third-order valence-corrected chi connectivity index (χ3v) is 26.3. The van der Waals surface area contributed by atoms with Crippen molar-refractivity contribution >= 4 is 93.0 Å². The Balaban J connectivity index is 0.00000320. The molecular weight excluding hydrogens is 968 g/mol. The summed E-state index contributed by atoms with van der Waals surface area (Å²) >= 11 is 0. The first kappa shape index (κ1) is 52.4. The summed E-state index contributed by atoms with van der Waals surface area (Å²) in [5, 5.41) is 15.5. The van der Waals surface area contributed by atoms with Crippen LogP contribution in [0.15, 0.2) is 97.1 Å². The van der Waals surface area contributed by atoms with Crippen LogP contribution in [0.1, 0.15) is 52.4 Å². The topological polar surface area (TPSA) is 0 Å². The van der Waals surface area contributed by atoms with E-state index in [1.165, 1.54) is 94.4 Å². The fourth-order valence-electron chi connectivity index (χ4n) is 9.05. The van der Waals surface area contributed by atoms with Gasteiger partial charge in [0.15, 0.2) is 0 Å². The SMILES string of the molecule is CCCCC[Si](CCCCC)(c1cc2c(-c3cc([Si](C)(C)C)cc([Si](C)(C)C)c3)cccc2[cH-]1)c1cc2c(-c3cc([Si](C)(C)C)cc([Si](C)(C)C)c3)cccc2[cH-]1.[CH3-].[CH3-].[Hf+4]. The van der Waals surface area contributed by atoms with E-state index < -0.39 is 40.4 Å². The van der Waals surface area contributed by atoms with Gasteiger partial charge in [-0.15, -0.1) is 68.3 Å². The summed E-state index contributed by atoms with van der Waals surface area (Å²) in [5.41, 5.74) is 5.72. The van der Waals surface area contributed by atoms with Gasteiger partial charge in [-0.1, -0.05) is 223 Å². The van der Waals surface area contributed by atoms with E-state index in [1.54, 1.807) is 31.1 Å². The zero-order valence-electron chi connectivity index (χ0n) is 40.9. The first-order valence-electron chi connectivity index (χ1n) is 22.4. The Bertz CT molecular complexity index is 2100. The van der Waals surface area contributed by atoms with E-state index in [0.717, 1.165) is 0 Å². The van der Waals surface area contributed by atoms with Crippen LogP contribution >= 0.6 is 0 Å². The predicted octanol–water partition coefficient (Wildman–Crippen LogP) is 13.8. The van der Waals surface area contributed by atoms with Gasteiger partial charge in [-0.2, -0.15) is 12.1 Å². The summed E-state index contributed by atoms with van der Waals surface area (Å²) in [4.78, 5) is 0. The summed E-state index contributed by atoms with van der Waals surface area (Å²) < 4.78 is 0. The second-order valence-corrected chi connectivity index (χ2v) is 46.3. The van der Waals surface area contributed by atoms with E-state index in [0.29, 0.717) is 0 Å². The van der Waals surface area contributed by atoms with Crippen LogP contribution in [0.3, 0.4) is 0 Å². The molecule has 0 amide bonds. The molecule has 0 nitrogen and oxygen atoms in total. The summed E-state index contributed by atoms with van der Waals surface area (Å²) in [6.07, 6.45) is 7.77. The molecule has 0 heterocycles. The Labute approximate surface area is 393 Å². The molecule has 0 radical (unpaired) electrons. The number of hydrogen-bond acceptors (Lipinski definition) is 0. The van der Waals surface area contributed by atoms with Gasteiger partial charge >= 0.3 is 25.8 Å². The minimum atomic E-state index is -2.17. The Morgan fingerprint density at radius 3 is 1.02 bits per heavy atom. The number of hydrogen-bond donors (Lipinski definition) is 0. The third kappa shape index (κ3) is 11.4. The van der Waals surface area contributed by atoms with E-state index >= 15 is 0 Å². The molecule has 6 aromatic rings. The van der Waals surface area contributed by atoms with Gasteiger partial charge in [0, 0.05) is 0 Å². The van der Waals surface area contributed by atoms with E-state index in [2.05, 4.69) is 189 Å². The van der Waals surface area contributed by atoms with Crippen LogP contribution in [0.5, 0.6) is 0 Å². The second kappa shape index (κ2) is 20.3. The number of rotatable bonds is 16. The Morgan fingerprint density at radius 1 is 0.417 bits per heavy atom. The van der Waals surface area contributed by atoms with Crippen molar-refractivity contribution in [2.75, 3.05) is 0 Å². The average molecular weight is 1050 g/mol. The maximum Gasteiger partial charge on any atom is 4.00 e. The van der Waals surface area contributed by atoms with Crippen molar-refractivity contribution < 1.29 is 25.8 Å². The van der Waals surface area contributed by atoms with Gasteiger partial charge in [0.05, 0.1) is 40.4 Å². The van der Waals surface area contributed by atoms with E-state index in [9.17, 15) is 0 Å². The molecule has 0 aliphatic carbocycles. The van der Waals surface area contributed by atoms with Crippen molar-refractivity contribution in [3.8, 4) is 22.3 Å². The molecule has 0 fully saturated rings. The molecule has 6 heteroatoms. The zero-order chi connectivity index (χ0) is 41.6. The molecule has 0 aliphatic heterocycles. The molecule has 0 N–H and O–H groups in total. The standard InChI is InChI=1S/C52H74Si5.2CH3.Hf/c1-15-17-19-27-57(28-20-18-16-2,47-29-39-23-21-25-49(51(39)37-47)41-31-43(53(3,4)5)35-44(32-41)54(6,7)8)48-30-40-24-22-26-50(52(40)38-48)42-33-45(55(9,10)11)36-46(34-42)56(12,13)14;;;/h21-26,29-38H,15-20,27-28H2,1-14H3;2*1H3;/q-2;2*-1;+4. The molecule has 6 rings (SSSR count). The van der Waals surface area contributed by atoms with Crippen LogP contribution in [-0.2, 0) is 25.8 Å². The summed E-state index contributed by atoms with van der Waals surface area (Å²) in [7, 11) is -8.25. The fourth-order valence-corrected chi connectivity index (χ4v) is 19.2. The van der Waals surface area contributed by atoms with Gasteiger partial charge < -0.3 is 14.9 Å². The predicted molar refractivity (Wildman–Crippen MR) is 288 cm³/mol. The van der Waals surface area contributed by atoms with E-state index in [1.807, 2.05) is 0 Å². The number of fused-ring (bicyclic) bond motifs is 2. The van der Waals surface area contributed by atoms with Gasteiger partial charge in [0.1, 0.15) is 0 Å². The van der Waals surface area contributed by atoms with Gasteiger partial charge in [-0.05, 0) is 11.1 Å². The molecule has 0 aromatic heterocycles. The molecule has 0 atom stereocenters. The molecule has 0 unspecified atom stereocenters. The quantitative estimate of drug-likeness (QED) is 0.0515. The molecule has 0 saturated carbocycles. The summed E-state index contributed by atoms with van der Waals surface area (Å²) in [6.45, 7) is 34.9. The molecule has 0 bridgehead atoms. The summed E-state index contributed by atoms with van der Waals surface area (Å²) in [5.74, 6) is 0. The minimum absolute atomic E-state index is 0. The monoisotopic (exact) mass is 1050 g/mol.